The minimum atomic E-state index is -0.185. The average Bonchev–Trinajstić information content (AvgIpc) is 3.20. The van der Waals surface area contributed by atoms with Gasteiger partial charge in [-0.2, -0.15) is 4.68 Å². The molecule has 1 atom stereocenters. The van der Waals surface area contributed by atoms with Crippen LogP contribution in [-0.2, 0) is 0 Å². The fourth-order valence-electron chi connectivity index (χ4n) is 4.56. The number of nitrogens with zero attached hydrogens (tertiary/aromatic N) is 3. The van der Waals surface area contributed by atoms with Gasteiger partial charge >= 0.3 is 0 Å². The molecule has 2 N–H and O–H groups in total. The summed E-state index contributed by atoms with van der Waals surface area (Å²) in [5.41, 5.74) is 7.97. The zero-order valence-electron chi connectivity index (χ0n) is 18.3. The molecule has 164 valence electrons. The summed E-state index contributed by atoms with van der Waals surface area (Å²) in [4.78, 5) is 16.0. The molecule has 1 saturated heterocycles. The zero-order chi connectivity index (χ0) is 22.1. The van der Waals surface area contributed by atoms with E-state index in [9.17, 15) is 4.79 Å². The predicted molar refractivity (Wildman–Crippen MR) is 128 cm³/mol. The lowest BCUT2D eigenvalue weighted by Gasteiger charge is -2.31. The van der Waals surface area contributed by atoms with E-state index in [1.807, 2.05) is 54.6 Å². The normalized spacial score (nSPS) is 15.8. The van der Waals surface area contributed by atoms with Crippen LogP contribution in [0.3, 0.4) is 0 Å². The Kier molecular flexibility index (Phi) is 5.53. The molecule has 1 aliphatic rings. The van der Waals surface area contributed by atoms with Crippen molar-refractivity contribution in [3.8, 4) is 5.88 Å². The Morgan fingerprint density at radius 1 is 1.03 bits per heavy atom. The van der Waals surface area contributed by atoms with Crippen LogP contribution in [0.1, 0.15) is 36.5 Å². The van der Waals surface area contributed by atoms with Crippen molar-refractivity contribution in [3.63, 3.8) is 0 Å². The summed E-state index contributed by atoms with van der Waals surface area (Å²) < 4.78 is 7.60. The molecule has 32 heavy (non-hydrogen) atoms. The fourth-order valence-corrected chi connectivity index (χ4v) is 4.56. The van der Waals surface area contributed by atoms with E-state index in [1.165, 1.54) is 23.9 Å². The van der Waals surface area contributed by atoms with Crippen molar-refractivity contribution in [1.82, 2.24) is 14.7 Å². The second-order valence-corrected chi connectivity index (χ2v) is 8.58. The van der Waals surface area contributed by atoms with Crippen LogP contribution in [0.15, 0.2) is 60.7 Å². The minimum Gasteiger partial charge on any atom is -0.475 e. The van der Waals surface area contributed by atoms with Gasteiger partial charge in [0.2, 0.25) is 5.88 Å². The highest BCUT2D eigenvalue weighted by Crippen LogP contribution is 2.29. The summed E-state index contributed by atoms with van der Waals surface area (Å²) in [6.45, 7) is 4.90. The number of ether oxygens (including phenoxy) is 1. The van der Waals surface area contributed by atoms with E-state index in [4.69, 9.17) is 10.5 Å². The molecule has 0 aliphatic carbocycles. The van der Waals surface area contributed by atoms with Crippen LogP contribution in [0.25, 0.3) is 21.7 Å². The Hall–Kier alpha value is -3.38. The Morgan fingerprint density at radius 2 is 1.81 bits per heavy atom. The van der Waals surface area contributed by atoms with E-state index in [-0.39, 0.29) is 11.9 Å². The Labute approximate surface area is 187 Å². The fraction of sp³-hybridized carbons (Fsp3) is 0.308. The van der Waals surface area contributed by atoms with Crippen molar-refractivity contribution in [2.24, 2.45) is 0 Å². The molecule has 6 heteroatoms. The molecule has 0 amide bonds. The number of hydrogen-bond donors (Lipinski definition) is 1. The van der Waals surface area contributed by atoms with Crippen LogP contribution in [0.5, 0.6) is 5.88 Å². The number of rotatable bonds is 5. The van der Waals surface area contributed by atoms with Crippen LogP contribution in [0, 0.1) is 0 Å². The zero-order valence-corrected chi connectivity index (χ0v) is 18.3. The third-order valence-corrected chi connectivity index (χ3v) is 6.36. The van der Waals surface area contributed by atoms with Gasteiger partial charge < -0.3 is 10.5 Å². The number of fused-ring (bicyclic) bond motifs is 2. The lowest BCUT2D eigenvalue weighted by atomic mass is 10.0. The van der Waals surface area contributed by atoms with Gasteiger partial charge in [0.25, 0.3) is 5.91 Å². The first-order chi connectivity index (χ1) is 15.6. The summed E-state index contributed by atoms with van der Waals surface area (Å²) in [7, 11) is 0. The molecule has 1 aromatic heterocycles. The van der Waals surface area contributed by atoms with Gasteiger partial charge in [-0.25, -0.2) is 0 Å². The molecule has 0 saturated carbocycles. The lowest BCUT2D eigenvalue weighted by molar-refractivity contribution is 0.0946. The molecular weight excluding hydrogens is 400 g/mol. The predicted octanol–water partition coefficient (Wildman–Crippen LogP) is 4.71. The van der Waals surface area contributed by atoms with Gasteiger partial charge in [-0.15, -0.1) is 5.10 Å². The molecule has 0 radical (unpaired) electrons. The first-order valence-electron chi connectivity index (χ1n) is 11.3. The van der Waals surface area contributed by atoms with Crippen molar-refractivity contribution in [2.45, 2.75) is 32.2 Å². The smallest absolute Gasteiger partial charge is 0.279 e. The minimum absolute atomic E-state index is 0.185. The van der Waals surface area contributed by atoms with E-state index < -0.39 is 0 Å². The number of hydrogen-bond acceptors (Lipinski definition) is 5. The highest BCUT2D eigenvalue weighted by atomic mass is 16.5. The number of nitrogen functional groups attached to an aromatic ring is 1. The maximum absolute atomic E-state index is 13.6. The van der Waals surface area contributed by atoms with Gasteiger partial charge in [0.15, 0.2) is 0 Å². The highest BCUT2D eigenvalue weighted by Gasteiger charge is 2.22. The maximum Gasteiger partial charge on any atom is 0.279 e. The number of aromatic nitrogens is 2. The van der Waals surface area contributed by atoms with E-state index >= 15 is 0 Å². The Balaban J connectivity index is 1.49. The van der Waals surface area contributed by atoms with E-state index in [1.54, 1.807) is 6.07 Å². The van der Waals surface area contributed by atoms with Crippen LogP contribution in [0.2, 0.25) is 0 Å². The number of anilines is 1. The topological polar surface area (TPSA) is 73.4 Å². The molecule has 6 nitrogen and oxygen atoms in total. The Morgan fingerprint density at radius 3 is 2.66 bits per heavy atom. The summed E-state index contributed by atoms with van der Waals surface area (Å²) in [6, 6.07) is 19.4. The SMILES string of the molecule is CC(COc1nn(C(=O)c2cccc3ccccc23)c2ccc(N)cc12)N1CCCCC1. The molecule has 0 spiro atoms. The van der Waals surface area contributed by atoms with Gasteiger partial charge in [-0.1, -0.05) is 42.8 Å². The number of benzene rings is 3. The monoisotopic (exact) mass is 428 g/mol. The Bertz CT molecular complexity index is 1270. The van der Waals surface area contributed by atoms with Crippen molar-refractivity contribution >= 4 is 33.3 Å². The standard InChI is InChI=1S/C26H28N4O2/c1-18(29-14-5-2-6-15-29)17-32-25-23-16-20(27)12-13-24(23)30(28-25)26(31)22-11-7-9-19-8-3-4-10-21(19)22/h3-4,7-13,16,18H,2,5-6,14-15,17,27H2,1H3. The largest absolute Gasteiger partial charge is 0.475 e. The lowest BCUT2D eigenvalue weighted by Crippen LogP contribution is -2.40. The van der Waals surface area contributed by atoms with Crippen molar-refractivity contribution in [1.29, 1.82) is 0 Å². The first kappa shape index (κ1) is 20.5. The van der Waals surface area contributed by atoms with E-state index in [0.29, 0.717) is 29.3 Å². The van der Waals surface area contributed by atoms with Crippen LogP contribution < -0.4 is 10.5 Å². The third-order valence-electron chi connectivity index (χ3n) is 6.36. The van der Waals surface area contributed by atoms with E-state index in [0.717, 1.165) is 29.2 Å². The maximum atomic E-state index is 13.6. The molecule has 1 unspecified atom stereocenters. The molecule has 1 aliphatic heterocycles. The quantitative estimate of drug-likeness (QED) is 0.466. The van der Waals surface area contributed by atoms with Crippen LogP contribution in [0.4, 0.5) is 5.69 Å². The van der Waals surface area contributed by atoms with Gasteiger partial charge in [-0.3, -0.25) is 9.69 Å². The molecule has 4 aromatic rings. The molecule has 1 fully saturated rings. The van der Waals surface area contributed by atoms with Crippen LogP contribution in [-0.4, -0.2) is 46.3 Å². The number of likely N-dealkylation sites (tertiary alicyclic amines) is 1. The first-order valence-corrected chi connectivity index (χ1v) is 11.3. The van der Waals surface area contributed by atoms with Gasteiger partial charge in [0, 0.05) is 17.3 Å². The van der Waals surface area contributed by atoms with Crippen molar-refractivity contribution in [2.75, 3.05) is 25.4 Å². The van der Waals surface area contributed by atoms with Crippen molar-refractivity contribution in [3.05, 3.63) is 66.2 Å². The molecule has 3 aromatic carbocycles. The average molecular weight is 429 g/mol. The number of carbonyl (C=O) groups excluding carboxylic acids is 1. The second kappa shape index (κ2) is 8.63. The molecule has 0 bridgehead atoms. The van der Waals surface area contributed by atoms with E-state index in [2.05, 4.69) is 16.9 Å². The summed E-state index contributed by atoms with van der Waals surface area (Å²) in [5.74, 6) is 0.264. The van der Waals surface area contributed by atoms with Crippen molar-refractivity contribution < 1.29 is 9.53 Å². The highest BCUT2D eigenvalue weighted by molar-refractivity contribution is 6.10. The van der Waals surface area contributed by atoms with Gasteiger partial charge in [0.05, 0.1) is 10.9 Å². The van der Waals surface area contributed by atoms with Crippen LogP contribution >= 0.6 is 0 Å². The number of carbonyl (C=O) groups is 1. The van der Waals surface area contributed by atoms with Gasteiger partial charge in [0.1, 0.15) is 6.61 Å². The third kappa shape index (κ3) is 3.82. The molecular formula is C26H28N4O2. The number of nitrogens with two attached hydrogens (primary N) is 1. The molecule has 2 heterocycles. The summed E-state index contributed by atoms with van der Waals surface area (Å²) in [6.07, 6.45) is 3.77. The second-order valence-electron chi connectivity index (χ2n) is 8.58. The number of piperidine rings is 1. The summed E-state index contributed by atoms with van der Waals surface area (Å²) >= 11 is 0. The summed E-state index contributed by atoms with van der Waals surface area (Å²) in [5, 5.41) is 7.28. The van der Waals surface area contributed by atoms with Gasteiger partial charge in [-0.05, 0) is 67.9 Å². The molecule has 5 rings (SSSR count).